The van der Waals surface area contributed by atoms with E-state index in [1.165, 1.54) is 31.2 Å². The molecule has 0 spiro atoms. The van der Waals surface area contributed by atoms with Gasteiger partial charge in [-0.2, -0.15) is 0 Å². The van der Waals surface area contributed by atoms with Crippen LogP contribution in [0.15, 0.2) is 58.3 Å². The van der Waals surface area contributed by atoms with Gasteiger partial charge in [-0.25, -0.2) is 16.8 Å². The second-order valence-electron chi connectivity index (χ2n) is 4.76. The molecule has 128 valence electrons. The largest absolute Gasteiger partial charge is 0.294 e. The smallest absolute Gasteiger partial charge is 0.277 e. The summed E-state index contributed by atoms with van der Waals surface area (Å²) in [5, 5.41) is 11.2. The summed E-state index contributed by atoms with van der Waals surface area (Å²) in [7, 11) is -7.68. The standard InChI is InChI=1S/C14H14N2O6S2/c1-2-23(19,20)15-13-9-8-12(10-14(13)16(17)18)24(21,22)11-6-4-3-5-7-11/h3-10,15H,2H2,1H3. The second kappa shape index (κ2) is 6.57. The monoisotopic (exact) mass is 370 g/mol. The van der Waals surface area contributed by atoms with Crippen LogP contribution in [-0.2, 0) is 19.9 Å². The fraction of sp³-hybridized carbons (Fsp3) is 0.143. The van der Waals surface area contributed by atoms with E-state index in [4.69, 9.17) is 0 Å². The summed E-state index contributed by atoms with van der Waals surface area (Å²) in [4.78, 5) is 10.0. The van der Waals surface area contributed by atoms with Gasteiger partial charge in [-0.15, -0.1) is 0 Å². The number of sulfonamides is 1. The third-order valence-electron chi connectivity index (χ3n) is 3.18. The maximum Gasteiger partial charge on any atom is 0.294 e. The van der Waals surface area contributed by atoms with Gasteiger partial charge in [0.2, 0.25) is 19.9 Å². The highest BCUT2D eigenvalue weighted by Crippen LogP contribution is 2.31. The van der Waals surface area contributed by atoms with Gasteiger partial charge in [0, 0.05) is 6.07 Å². The van der Waals surface area contributed by atoms with Crippen molar-refractivity contribution < 1.29 is 21.8 Å². The molecule has 0 fully saturated rings. The molecular formula is C14H14N2O6S2. The van der Waals surface area contributed by atoms with Crippen LogP contribution in [0.1, 0.15) is 6.92 Å². The van der Waals surface area contributed by atoms with Gasteiger partial charge in [0.25, 0.3) is 5.69 Å². The molecule has 2 aromatic rings. The van der Waals surface area contributed by atoms with E-state index in [0.717, 1.165) is 18.2 Å². The van der Waals surface area contributed by atoms with E-state index in [1.807, 2.05) is 0 Å². The molecule has 24 heavy (non-hydrogen) atoms. The fourth-order valence-corrected chi connectivity index (χ4v) is 3.84. The Morgan fingerprint density at radius 3 is 2.17 bits per heavy atom. The highest BCUT2D eigenvalue weighted by molar-refractivity contribution is 7.92. The summed E-state index contributed by atoms with van der Waals surface area (Å²) in [6.45, 7) is 1.38. The number of hydrogen-bond acceptors (Lipinski definition) is 6. The number of sulfone groups is 1. The van der Waals surface area contributed by atoms with Crippen molar-refractivity contribution in [2.45, 2.75) is 16.7 Å². The number of hydrogen-bond donors (Lipinski definition) is 1. The van der Waals surface area contributed by atoms with Crippen LogP contribution in [-0.4, -0.2) is 27.5 Å². The first-order chi connectivity index (χ1) is 11.2. The molecular weight excluding hydrogens is 356 g/mol. The molecule has 0 bridgehead atoms. The van der Waals surface area contributed by atoms with E-state index in [2.05, 4.69) is 4.72 Å². The number of rotatable bonds is 6. The topological polar surface area (TPSA) is 123 Å². The molecule has 0 saturated carbocycles. The van der Waals surface area contributed by atoms with Crippen LogP contribution in [0.5, 0.6) is 0 Å². The van der Waals surface area contributed by atoms with Crippen molar-refractivity contribution in [3.63, 3.8) is 0 Å². The first-order valence-corrected chi connectivity index (χ1v) is 9.90. The molecule has 0 radical (unpaired) electrons. The molecule has 8 nitrogen and oxygen atoms in total. The molecule has 1 N–H and O–H groups in total. The number of nitro groups is 1. The molecule has 0 unspecified atom stereocenters. The molecule has 10 heteroatoms. The Morgan fingerprint density at radius 2 is 1.62 bits per heavy atom. The van der Waals surface area contributed by atoms with E-state index in [-0.39, 0.29) is 21.2 Å². The van der Waals surface area contributed by atoms with Crippen LogP contribution in [0.25, 0.3) is 0 Å². The minimum absolute atomic E-state index is 0.0128. The van der Waals surface area contributed by atoms with Crippen molar-refractivity contribution in [2.75, 3.05) is 10.5 Å². The molecule has 0 aliphatic carbocycles. The maximum absolute atomic E-state index is 12.5. The van der Waals surface area contributed by atoms with Gasteiger partial charge in [-0.1, -0.05) is 18.2 Å². The number of benzene rings is 2. The Morgan fingerprint density at radius 1 is 1.00 bits per heavy atom. The van der Waals surface area contributed by atoms with Crippen molar-refractivity contribution >= 4 is 31.2 Å². The van der Waals surface area contributed by atoms with Crippen LogP contribution in [0.4, 0.5) is 11.4 Å². The zero-order valence-electron chi connectivity index (χ0n) is 12.5. The van der Waals surface area contributed by atoms with E-state index >= 15 is 0 Å². The van der Waals surface area contributed by atoms with Crippen LogP contribution < -0.4 is 4.72 Å². The molecule has 0 heterocycles. The van der Waals surface area contributed by atoms with Gasteiger partial charge < -0.3 is 0 Å². The lowest BCUT2D eigenvalue weighted by atomic mass is 10.3. The zero-order valence-corrected chi connectivity index (χ0v) is 14.2. The van der Waals surface area contributed by atoms with Crippen LogP contribution in [0, 0.1) is 10.1 Å². The van der Waals surface area contributed by atoms with E-state index < -0.39 is 30.5 Å². The fourth-order valence-electron chi connectivity index (χ4n) is 1.89. The van der Waals surface area contributed by atoms with E-state index in [1.54, 1.807) is 6.07 Å². The van der Waals surface area contributed by atoms with E-state index in [0.29, 0.717) is 0 Å². The summed E-state index contributed by atoms with van der Waals surface area (Å²) in [6, 6.07) is 10.5. The Balaban J connectivity index is 2.56. The maximum atomic E-state index is 12.5. The van der Waals surface area contributed by atoms with Crippen molar-refractivity contribution in [1.82, 2.24) is 0 Å². The highest BCUT2D eigenvalue weighted by Gasteiger charge is 2.24. The Kier molecular flexibility index (Phi) is 4.90. The predicted molar refractivity (Wildman–Crippen MR) is 88.1 cm³/mol. The number of anilines is 1. The number of nitrogens with zero attached hydrogens (tertiary/aromatic N) is 1. The summed E-state index contributed by atoms with van der Waals surface area (Å²) in [5.41, 5.74) is -0.919. The molecule has 0 saturated heterocycles. The van der Waals surface area contributed by atoms with Gasteiger partial charge in [0.1, 0.15) is 5.69 Å². The molecule has 0 atom stereocenters. The Labute approximate surface area is 139 Å². The Bertz CT molecular complexity index is 970. The normalized spacial score (nSPS) is 11.9. The minimum atomic E-state index is -3.94. The average Bonchev–Trinajstić information content (AvgIpc) is 2.55. The van der Waals surface area contributed by atoms with Gasteiger partial charge >= 0.3 is 0 Å². The summed E-state index contributed by atoms with van der Waals surface area (Å²) in [5.74, 6) is -0.270. The third-order valence-corrected chi connectivity index (χ3v) is 6.23. The molecule has 0 aliphatic heterocycles. The van der Waals surface area contributed by atoms with Gasteiger partial charge in [-0.3, -0.25) is 14.8 Å². The van der Waals surface area contributed by atoms with Gasteiger partial charge in [0.05, 0.1) is 20.5 Å². The van der Waals surface area contributed by atoms with Crippen LogP contribution >= 0.6 is 0 Å². The van der Waals surface area contributed by atoms with Crippen molar-refractivity contribution in [3.8, 4) is 0 Å². The summed E-state index contributed by atoms with van der Waals surface area (Å²) < 4.78 is 50.3. The third kappa shape index (κ3) is 3.71. The summed E-state index contributed by atoms with van der Waals surface area (Å²) >= 11 is 0. The second-order valence-corrected chi connectivity index (χ2v) is 8.72. The van der Waals surface area contributed by atoms with Crippen molar-refractivity contribution in [2.24, 2.45) is 0 Å². The van der Waals surface area contributed by atoms with Crippen molar-refractivity contribution in [3.05, 3.63) is 58.6 Å². The molecule has 2 aromatic carbocycles. The first-order valence-electron chi connectivity index (χ1n) is 6.76. The molecule has 2 rings (SSSR count). The first kappa shape index (κ1) is 17.9. The highest BCUT2D eigenvalue weighted by atomic mass is 32.2. The van der Waals surface area contributed by atoms with Gasteiger partial charge in [-0.05, 0) is 31.2 Å². The molecule has 0 aromatic heterocycles. The molecule has 0 amide bonds. The SMILES string of the molecule is CCS(=O)(=O)Nc1ccc(S(=O)(=O)c2ccccc2)cc1[N+](=O)[O-]. The van der Waals surface area contributed by atoms with Crippen molar-refractivity contribution in [1.29, 1.82) is 0 Å². The number of nitrogens with one attached hydrogen (secondary N) is 1. The average molecular weight is 370 g/mol. The van der Waals surface area contributed by atoms with E-state index in [9.17, 15) is 26.9 Å². The lowest BCUT2D eigenvalue weighted by molar-refractivity contribution is -0.384. The zero-order chi connectivity index (χ0) is 18.0. The van der Waals surface area contributed by atoms with Crippen LogP contribution in [0.2, 0.25) is 0 Å². The summed E-state index contributed by atoms with van der Waals surface area (Å²) in [6.07, 6.45) is 0. The molecule has 0 aliphatic rings. The lowest BCUT2D eigenvalue weighted by Gasteiger charge is -2.09. The van der Waals surface area contributed by atoms with Gasteiger partial charge in [0.15, 0.2) is 0 Å². The quantitative estimate of drug-likeness (QED) is 0.614. The lowest BCUT2D eigenvalue weighted by Crippen LogP contribution is -2.16. The Hall–Kier alpha value is -2.46. The van der Waals surface area contributed by atoms with Crippen LogP contribution in [0.3, 0.4) is 0 Å². The minimum Gasteiger partial charge on any atom is -0.277 e. The number of nitro benzene ring substituents is 1. The predicted octanol–water partition coefficient (Wildman–Crippen LogP) is 2.19.